The van der Waals surface area contributed by atoms with Crippen molar-refractivity contribution in [3.8, 4) is 5.75 Å². The van der Waals surface area contributed by atoms with Gasteiger partial charge in [0.2, 0.25) is 0 Å². The molecule has 2 unspecified atom stereocenters. The molecule has 0 aliphatic rings. The fraction of sp³-hybridized carbons (Fsp3) is 0.600. The van der Waals surface area contributed by atoms with Crippen LogP contribution in [0.5, 0.6) is 5.75 Å². The summed E-state index contributed by atoms with van der Waals surface area (Å²) in [4.78, 5) is 2.20. The summed E-state index contributed by atoms with van der Waals surface area (Å²) in [5.74, 6) is 1.29. The van der Waals surface area contributed by atoms with Crippen LogP contribution >= 0.6 is 0 Å². The second-order valence-electron chi connectivity index (χ2n) is 5.16. The topological polar surface area (TPSA) is 32.7 Å². The summed E-state index contributed by atoms with van der Waals surface area (Å²) in [7, 11) is 3.70. The van der Waals surface area contributed by atoms with E-state index in [9.17, 15) is 5.11 Å². The van der Waals surface area contributed by atoms with Gasteiger partial charge >= 0.3 is 0 Å². The molecule has 0 aliphatic heterocycles. The maximum Gasteiger partial charge on any atom is 0.126 e. The molecule has 1 rings (SSSR count). The first-order chi connectivity index (χ1) is 8.40. The molecule has 0 saturated heterocycles. The molecule has 0 aliphatic carbocycles. The summed E-state index contributed by atoms with van der Waals surface area (Å²) in [6, 6.07) is 6.28. The van der Waals surface area contributed by atoms with E-state index in [0.29, 0.717) is 12.0 Å². The van der Waals surface area contributed by atoms with E-state index in [1.807, 2.05) is 18.2 Å². The third-order valence-corrected chi connectivity index (χ3v) is 3.64. The Balaban J connectivity index is 3.23. The van der Waals surface area contributed by atoms with Crippen molar-refractivity contribution < 1.29 is 9.84 Å². The molecule has 1 aromatic carbocycles. The predicted octanol–water partition coefficient (Wildman–Crippen LogP) is 3.23. The average molecular weight is 251 g/mol. The lowest BCUT2D eigenvalue weighted by molar-refractivity contribution is 0.194. The number of methoxy groups -OCH3 is 1. The summed E-state index contributed by atoms with van der Waals surface area (Å²) < 4.78 is 5.35. The highest BCUT2D eigenvalue weighted by Crippen LogP contribution is 2.35. The van der Waals surface area contributed by atoms with Gasteiger partial charge in [-0.25, -0.2) is 0 Å². The zero-order valence-corrected chi connectivity index (χ0v) is 12.3. The molecular formula is C15H25NO2. The molecule has 0 heterocycles. The molecule has 1 N–H and O–H groups in total. The number of ether oxygens (including phenoxy) is 1. The van der Waals surface area contributed by atoms with Gasteiger partial charge in [-0.1, -0.05) is 19.9 Å². The molecule has 0 fully saturated rings. The van der Waals surface area contributed by atoms with Crippen molar-refractivity contribution in [1.29, 1.82) is 0 Å². The number of anilines is 1. The van der Waals surface area contributed by atoms with E-state index in [1.54, 1.807) is 14.0 Å². The van der Waals surface area contributed by atoms with Gasteiger partial charge in [0, 0.05) is 24.3 Å². The van der Waals surface area contributed by atoms with Gasteiger partial charge in [-0.3, -0.25) is 0 Å². The first kappa shape index (κ1) is 14.8. The maximum absolute atomic E-state index is 9.98. The second-order valence-corrected chi connectivity index (χ2v) is 5.16. The Morgan fingerprint density at radius 2 is 1.78 bits per heavy atom. The molecule has 0 radical (unpaired) electrons. The highest BCUT2D eigenvalue weighted by Gasteiger charge is 2.21. The molecule has 3 nitrogen and oxygen atoms in total. The van der Waals surface area contributed by atoms with Gasteiger partial charge in [0.25, 0.3) is 0 Å². The zero-order chi connectivity index (χ0) is 13.9. The van der Waals surface area contributed by atoms with Gasteiger partial charge in [-0.05, 0) is 31.9 Å². The first-order valence-electron chi connectivity index (χ1n) is 6.48. The van der Waals surface area contributed by atoms with Gasteiger partial charge in [0.15, 0.2) is 0 Å². The van der Waals surface area contributed by atoms with E-state index in [4.69, 9.17) is 4.74 Å². The Bertz CT molecular complexity index is 388. The lowest BCUT2D eigenvalue weighted by Gasteiger charge is -2.32. The van der Waals surface area contributed by atoms with Crippen molar-refractivity contribution in [2.75, 3.05) is 19.1 Å². The Labute approximate surface area is 110 Å². The summed E-state index contributed by atoms with van der Waals surface area (Å²) in [6.45, 7) is 8.36. The number of rotatable bonds is 5. The summed E-state index contributed by atoms with van der Waals surface area (Å²) in [6.07, 6.45) is -0.544. The molecule has 1 aromatic rings. The monoisotopic (exact) mass is 251 g/mol. The molecule has 3 heteroatoms. The molecule has 0 spiro atoms. The Kier molecular flexibility index (Phi) is 5.03. The largest absolute Gasteiger partial charge is 0.496 e. The molecular weight excluding hydrogens is 226 g/mol. The van der Waals surface area contributed by atoms with Crippen LogP contribution in [0.2, 0.25) is 0 Å². The average Bonchev–Trinajstić information content (AvgIpc) is 2.35. The normalized spacial score (nSPS) is 14.4. The van der Waals surface area contributed by atoms with Crippen molar-refractivity contribution in [2.45, 2.75) is 39.8 Å². The van der Waals surface area contributed by atoms with Crippen LogP contribution in [0.1, 0.15) is 39.4 Å². The van der Waals surface area contributed by atoms with Crippen LogP contribution in [-0.2, 0) is 0 Å². The van der Waals surface area contributed by atoms with Crippen LogP contribution in [0.15, 0.2) is 18.2 Å². The van der Waals surface area contributed by atoms with Gasteiger partial charge in [0.05, 0.1) is 13.2 Å². The minimum atomic E-state index is -0.544. The van der Waals surface area contributed by atoms with E-state index in [2.05, 4.69) is 32.7 Å². The van der Waals surface area contributed by atoms with Crippen LogP contribution in [0.25, 0.3) is 0 Å². The molecule has 0 aromatic heterocycles. The number of aliphatic hydroxyl groups is 1. The molecule has 102 valence electrons. The fourth-order valence-corrected chi connectivity index (χ4v) is 2.10. The molecule has 18 heavy (non-hydrogen) atoms. The summed E-state index contributed by atoms with van der Waals surface area (Å²) >= 11 is 0. The molecule has 0 amide bonds. The molecule has 0 saturated carbocycles. The quantitative estimate of drug-likeness (QED) is 0.872. The zero-order valence-electron chi connectivity index (χ0n) is 12.3. The smallest absolute Gasteiger partial charge is 0.126 e. The number of benzene rings is 1. The Morgan fingerprint density at radius 1 is 1.17 bits per heavy atom. The molecule has 2 atom stereocenters. The first-order valence-corrected chi connectivity index (χ1v) is 6.48. The van der Waals surface area contributed by atoms with E-state index in [0.717, 1.165) is 17.0 Å². The predicted molar refractivity (Wildman–Crippen MR) is 76.3 cm³/mol. The SMILES string of the molecule is COc1cccc(N(C)C(C)C(C)C)c1C(C)O. The van der Waals surface area contributed by atoms with Crippen molar-refractivity contribution in [3.05, 3.63) is 23.8 Å². The van der Waals surface area contributed by atoms with E-state index < -0.39 is 6.10 Å². The van der Waals surface area contributed by atoms with Crippen LogP contribution in [0.4, 0.5) is 5.69 Å². The number of hydrogen-bond acceptors (Lipinski definition) is 3. The van der Waals surface area contributed by atoms with Crippen molar-refractivity contribution in [2.24, 2.45) is 5.92 Å². The van der Waals surface area contributed by atoms with E-state index in [-0.39, 0.29) is 0 Å². The third kappa shape index (κ3) is 2.96. The van der Waals surface area contributed by atoms with Gasteiger partial charge in [-0.2, -0.15) is 0 Å². The van der Waals surface area contributed by atoms with Crippen molar-refractivity contribution in [1.82, 2.24) is 0 Å². The van der Waals surface area contributed by atoms with Crippen LogP contribution < -0.4 is 9.64 Å². The fourth-order valence-electron chi connectivity index (χ4n) is 2.10. The maximum atomic E-state index is 9.98. The van der Waals surface area contributed by atoms with E-state index >= 15 is 0 Å². The van der Waals surface area contributed by atoms with Crippen LogP contribution in [-0.4, -0.2) is 25.3 Å². The van der Waals surface area contributed by atoms with E-state index in [1.165, 1.54) is 0 Å². The Hall–Kier alpha value is -1.22. The van der Waals surface area contributed by atoms with Crippen LogP contribution in [0.3, 0.4) is 0 Å². The standard InChI is InChI=1S/C15H25NO2/c1-10(2)11(3)16(5)13-8-7-9-14(18-6)15(13)12(4)17/h7-12,17H,1-6H3. The summed E-state index contributed by atoms with van der Waals surface area (Å²) in [5, 5.41) is 9.98. The van der Waals surface area contributed by atoms with Crippen LogP contribution in [0, 0.1) is 5.92 Å². The number of nitrogens with zero attached hydrogens (tertiary/aromatic N) is 1. The second kappa shape index (κ2) is 6.10. The van der Waals surface area contributed by atoms with Crippen molar-refractivity contribution >= 4 is 5.69 Å². The highest BCUT2D eigenvalue weighted by atomic mass is 16.5. The van der Waals surface area contributed by atoms with Gasteiger partial charge in [0.1, 0.15) is 5.75 Å². The number of aliphatic hydroxyl groups excluding tert-OH is 1. The van der Waals surface area contributed by atoms with Gasteiger partial charge < -0.3 is 14.7 Å². The lowest BCUT2D eigenvalue weighted by Crippen LogP contribution is -2.34. The lowest BCUT2D eigenvalue weighted by atomic mass is 10.0. The summed E-state index contributed by atoms with van der Waals surface area (Å²) in [5.41, 5.74) is 1.89. The minimum Gasteiger partial charge on any atom is -0.496 e. The van der Waals surface area contributed by atoms with Gasteiger partial charge in [-0.15, -0.1) is 0 Å². The third-order valence-electron chi connectivity index (χ3n) is 3.64. The Morgan fingerprint density at radius 3 is 2.22 bits per heavy atom. The molecule has 0 bridgehead atoms. The highest BCUT2D eigenvalue weighted by molar-refractivity contribution is 5.60. The number of hydrogen-bond donors (Lipinski definition) is 1. The van der Waals surface area contributed by atoms with Crippen molar-refractivity contribution in [3.63, 3.8) is 0 Å². The minimum absolute atomic E-state index is 0.398.